The number of nitrogens with zero attached hydrogens (tertiary/aromatic N) is 1. The van der Waals surface area contributed by atoms with E-state index >= 15 is 0 Å². The van der Waals surface area contributed by atoms with Crippen molar-refractivity contribution in [3.63, 3.8) is 0 Å². The highest BCUT2D eigenvalue weighted by atomic mass is 35.5. The van der Waals surface area contributed by atoms with E-state index in [4.69, 9.17) is 11.6 Å². The van der Waals surface area contributed by atoms with Crippen LogP contribution in [0.5, 0.6) is 0 Å². The van der Waals surface area contributed by atoms with Crippen LogP contribution >= 0.6 is 11.6 Å². The van der Waals surface area contributed by atoms with E-state index in [9.17, 15) is 9.59 Å². The van der Waals surface area contributed by atoms with E-state index in [1.807, 2.05) is 6.92 Å². The van der Waals surface area contributed by atoms with Crippen LogP contribution in [0.15, 0.2) is 10.9 Å². The van der Waals surface area contributed by atoms with E-state index in [2.05, 4.69) is 19.2 Å². The molecule has 3 rings (SSSR count). The fraction of sp³-hybridized carbons (Fsp3) is 0.571. The molecule has 1 spiro atoms. The summed E-state index contributed by atoms with van der Waals surface area (Å²) in [5.74, 6) is -0.166. The molecule has 1 aromatic heterocycles. The maximum Gasteiger partial charge on any atom is 0.271 e. The number of halogens is 1. The number of rotatable bonds is 0. The van der Waals surface area contributed by atoms with E-state index in [-0.39, 0.29) is 21.9 Å². The quantitative estimate of drug-likeness (QED) is 0.793. The highest BCUT2D eigenvalue weighted by Gasteiger charge is 2.56. The molecule has 19 heavy (non-hydrogen) atoms. The minimum atomic E-state index is -0.619. The van der Waals surface area contributed by atoms with Crippen LogP contribution in [-0.2, 0) is 5.66 Å². The summed E-state index contributed by atoms with van der Waals surface area (Å²) in [6.07, 6.45) is 2.74. The van der Waals surface area contributed by atoms with Crippen molar-refractivity contribution >= 4 is 17.5 Å². The fourth-order valence-electron chi connectivity index (χ4n) is 3.63. The van der Waals surface area contributed by atoms with Gasteiger partial charge in [0.1, 0.15) is 16.4 Å². The van der Waals surface area contributed by atoms with E-state index in [0.717, 1.165) is 24.8 Å². The zero-order chi connectivity index (χ0) is 14.0. The number of nitrogens with one attached hydrogen (secondary N) is 1. The second-order valence-electron chi connectivity index (χ2n) is 6.22. The summed E-state index contributed by atoms with van der Waals surface area (Å²) in [6, 6.07) is 1.58. The van der Waals surface area contributed by atoms with Crippen molar-refractivity contribution in [3.05, 3.63) is 32.7 Å². The number of hydrogen-bond acceptors (Lipinski definition) is 2. The predicted octanol–water partition coefficient (Wildman–Crippen LogP) is 2.42. The largest absolute Gasteiger partial charge is 0.327 e. The third kappa shape index (κ3) is 1.41. The van der Waals surface area contributed by atoms with E-state index in [1.165, 1.54) is 0 Å². The summed E-state index contributed by atoms with van der Waals surface area (Å²) < 4.78 is 1.61. The van der Waals surface area contributed by atoms with Gasteiger partial charge < -0.3 is 5.32 Å². The molecule has 1 unspecified atom stereocenters. The first kappa shape index (κ1) is 12.7. The first-order chi connectivity index (χ1) is 8.80. The van der Waals surface area contributed by atoms with Crippen molar-refractivity contribution in [2.75, 3.05) is 0 Å². The van der Waals surface area contributed by atoms with Gasteiger partial charge in [-0.15, -0.1) is 0 Å². The number of amides is 1. The molecule has 0 radical (unpaired) electrons. The standard InChI is InChI=1S/C14H17ClN2O2/c1-8-7-9(15)12(19)17-10(8)11(18)16-14(17)6-4-5-13(14,2)3/h7H,4-6H2,1-3H3,(H,16,18). The molecule has 1 aliphatic carbocycles. The average molecular weight is 281 g/mol. The highest BCUT2D eigenvalue weighted by Crippen LogP contribution is 2.51. The van der Waals surface area contributed by atoms with Gasteiger partial charge in [0, 0.05) is 5.41 Å². The van der Waals surface area contributed by atoms with Crippen molar-refractivity contribution in [3.8, 4) is 0 Å². The first-order valence-electron chi connectivity index (χ1n) is 6.55. The summed E-state index contributed by atoms with van der Waals surface area (Å²) in [7, 11) is 0. The van der Waals surface area contributed by atoms with Crippen molar-refractivity contribution < 1.29 is 4.79 Å². The second kappa shape index (κ2) is 3.63. The predicted molar refractivity (Wildman–Crippen MR) is 73.5 cm³/mol. The number of fused-ring (bicyclic) bond motifs is 2. The molecule has 1 aromatic rings. The number of hydrogen-bond donors (Lipinski definition) is 1. The molecule has 1 aliphatic heterocycles. The Morgan fingerprint density at radius 3 is 2.58 bits per heavy atom. The van der Waals surface area contributed by atoms with E-state index < -0.39 is 5.66 Å². The first-order valence-corrected chi connectivity index (χ1v) is 6.93. The topological polar surface area (TPSA) is 51.1 Å². The maximum atomic E-state index is 12.4. The molecule has 2 heterocycles. The summed E-state index contributed by atoms with van der Waals surface area (Å²) in [6.45, 7) is 6.01. The van der Waals surface area contributed by atoms with Gasteiger partial charge in [-0.2, -0.15) is 0 Å². The number of carbonyl (C=O) groups excluding carboxylic acids is 1. The zero-order valence-corrected chi connectivity index (χ0v) is 12.1. The van der Waals surface area contributed by atoms with Gasteiger partial charge in [0.2, 0.25) is 0 Å². The van der Waals surface area contributed by atoms with Gasteiger partial charge >= 0.3 is 0 Å². The third-order valence-electron chi connectivity index (χ3n) is 4.72. The Balaban J connectivity index is 2.40. The van der Waals surface area contributed by atoms with Gasteiger partial charge in [-0.05, 0) is 37.8 Å². The monoisotopic (exact) mass is 280 g/mol. The lowest BCUT2D eigenvalue weighted by molar-refractivity contribution is 0.0718. The molecule has 0 aromatic carbocycles. The molecule has 1 amide bonds. The molecular formula is C14H17ClN2O2. The molecular weight excluding hydrogens is 264 g/mol. The molecule has 0 bridgehead atoms. The minimum absolute atomic E-state index is 0.158. The second-order valence-corrected chi connectivity index (χ2v) is 6.62. The van der Waals surface area contributed by atoms with Crippen molar-refractivity contribution in [2.24, 2.45) is 5.41 Å². The Kier molecular flexibility index (Phi) is 2.43. The van der Waals surface area contributed by atoms with Crippen molar-refractivity contribution in [2.45, 2.75) is 45.7 Å². The molecule has 1 atom stereocenters. The van der Waals surface area contributed by atoms with Crippen LogP contribution in [0.1, 0.15) is 49.2 Å². The lowest BCUT2D eigenvalue weighted by atomic mass is 9.81. The summed E-state index contributed by atoms with van der Waals surface area (Å²) in [5.41, 5.74) is 0.169. The van der Waals surface area contributed by atoms with Gasteiger partial charge in [0.15, 0.2) is 0 Å². The van der Waals surface area contributed by atoms with E-state index in [0.29, 0.717) is 5.69 Å². The van der Waals surface area contributed by atoms with Crippen LogP contribution in [-0.4, -0.2) is 10.5 Å². The molecule has 1 saturated carbocycles. The lowest BCUT2D eigenvalue weighted by Gasteiger charge is -2.39. The molecule has 4 nitrogen and oxygen atoms in total. The molecule has 0 saturated heterocycles. The van der Waals surface area contributed by atoms with Crippen molar-refractivity contribution in [1.29, 1.82) is 0 Å². The summed E-state index contributed by atoms with van der Waals surface area (Å²) in [5, 5.41) is 3.24. The van der Waals surface area contributed by atoms with Gasteiger partial charge in [-0.3, -0.25) is 14.2 Å². The third-order valence-corrected chi connectivity index (χ3v) is 5.00. The Morgan fingerprint density at radius 1 is 1.32 bits per heavy atom. The van der Waals surface area contributed by atoms with Crippen molar-refractivity contribution in [1.82, 2.24) is 9.88 Å². The summed E-state index contributed by atoms with van der Waals surface area (Å²) >= 11 is 6.03. The molecule has 2 aliphatic rings. The van der Waals surface area contributed by atoms with Crippen LogP contribution in [0.2, 0.25) is 5.02 Å². The van der Waals surface area contributed by atoms with Gasteiger partial charge in [0.25, 0.3) is 11.5 Å². The van der Waals surface area contributed by atoms with Crippen LogP contribution < -0.4 is 10.9 Å². The number of pyridine rings is 1. The Bertz CT molecular complexity index is 648. The van der Waals surface area contributed by atoms with E-state index in [1.54, 1.807) is 10.6 Å². The van der Waals surface area contributed by atoms with Crippen LogP contribution in [0.3, 0.4) is 0 Å². The number of carbonyl (C=O) groups is 1. The minimum Gasteiger partial charge on any atom is -0.327 e. The van der Waals surface area contributed by atoms with Gasteiger partial charge in [0.05, 0.1) is 0 Å². The normalized spacial score (nSPS) is 27.7. The zero-order valence-electron chi connectivity index (χ0n) is 11.3. The highest BCUT2D eigenvalue weighted by molar-refractivity contribution is 6.30. The molecule has 1 fully saturated rings. The maximum absolute atomic E-state index is 12.4. The molecule has 102 valence electrons. The SMILES string of the molecule is Cc1cc(Cl)c(=O)n2c1C(=O)NC21CCCC1(C)C. The Labute approximate surface area is 116 Å². The van der Waals surface area contributed by atoms with Gasteiger partial charge in [-0.1, -0.05) is 25.4 Å². The molecule has 5 heteroatoms. The fourth-order valence-corrected chi connectivity index (χ4v) is 3.88. The lowest BCUT2D eigenvalue weighted by Crippen LogP contribution is -2.54. The number of aromatic nitrogens is 1. The van der Waals surface area contributed by atoms with Crippen LogP contribution in [0, 0.1) is 12.3 Å². The Morgan fingerprint density at radius 2 is 2.00 bits per heavy atom. The van der Waals surface area contributed by atoms with Crippen LogP contribution in [0.4, 0.5) is 0 Å². The molecule has 1 N–H and O–H groups in total. The summed E-state index contributed by atoms with van der Waals surface area (Å²) in [4.78, 5) is 24.7. The average Bonchev–Trinajstić information content (AvgIpc) is 2.76. The Hall–Kier alpha value is -1.29. The smallest absolute Gasteiger partial charge is 0.271 e. The van der Waals surface area contributed by atoms with Gasteiger partial charge in [-0.25, -0.2) is 0 Å². The van der Waals surface area contributed by atoms with Crippen LogP contribution in [0.25, 0.3) is 0 Å². The number of aryl methyl sites for hydroxylation is 1.